The van der Waals surface area contributed by atoms with Crippen LogP contribution in [0.5, 0.6) is 5.75 Å². The molecule has 0 heterocycles. The Morgan fingerprint density at radius 1 is 1.00 bits per heavy atom. The van der Waals surface area contributed by atoms with Gasteiger partial charge < -0.3 is 20.3 Å². The van der Waals surface area contributed by atoms with Gasteiger partial charge in [-0.05, 0) is 47.0 Å². The highest BCUT2D eigenvalue weighted by Crippen LogP contribution is 2.21. The molecule has 0 saturated heterocycles. The number of carboxylic acids is 1. The molecule has 0 saturated carbocycles. The molecule has 31 heavy (non-hydrogen) atoms. The zero-order valence-corrected chi connectivity index (χ0v) is 16.9. The number of aliphatic hydroxyl groups excluding tert-OH is 1. The summed E-state index contributed by atoms with van der Waals surface area (Å²) in [7, 11) is 0. The number of hydrogen-bond donors (Lipinski definition) is 3. The van der Waals surface area contributed by atoms with Crippen LogP contribution in [0.3, 0.4) is 0 Å². The molecular weight excluding hydrogens is 397 g/mol. The summed E-state index contributed by atoms with van der Waals surface area (Å²) in [6.07, 6.45) is 0.849. The summed E-state index contributed by atoms with van der Waals surface area (Å²) < 4.78 is 18.7. The van der Waals surface area contributed by atoms with Crippen LogP contribution in [0, 0.1) is 5.82 Å². The lowest BCUT2D eigenvalue weighted by Crippen LogP contribution is -2.31. The molecule has 3 aromatic rings. The molecule has 0 aliphatic carbocycles. The summed E-state index contributed by atoms with van der Waals surface area (Å²) in [5, 5.41) is 22.7. The van der Waals surface area contributed by atoms with Gasteiger partial charge in [-0.15, -0.1) is 0 Å². The average Bonchev–Trinajstić information content (AvgIpc) is 2.78. The summed E-state index contributed by atoms with van der Waals surface area (Å²) in [4.78, 5) is 11.6. The smallest absolute Gasteiger partial charge is 0.336 e. The molecule has 1 atom stereocenters. The maximum atomic E-state index is 13.1. The highest BCUT2D eigenvalue weighted by molar-refractivity contribution is 6.20. The number of carbonyl (C=O) groups is 1. The lowest BCUT2D eigenvalue weighted by Gasteiger charge is -2.13. The Labute approximate surface area is 180 Å². The predicted octanol–water partition coefficient (Wildman–Crippen LogP) is 3.98. The largest absolute Gasteiger partial charge is 0.491 e. The molecule has 3 rings (SSSR count). The number of nitrogens with one attached hydrogen (secondary N) is 1. The number of ether oxygens (including phenoxy) is 1. The normalized spacial score (nSPS) is 12.4. The Morgan fingerprint density at radius 3 is 2.32 bits per heavy atom. The molecule has 1 unspecified atom stereocenters. The van der Waals surface area contributed by atoms with Crippen LogP contribution in [-0.2, 0) is 11.3 Å². The summed E-state index contributed by atoms with van der Waals surface area (Å²) >= 11 is 0. The molecule has 0 spiro atoms. The number of carboxylic acid groups (broad SMARTS) is 1. The lowest BCUT2D eigenvalue weighted by molar-refractivity contribution is -0.130. The minimum Gasteiger partial charge on any atom is -0.491 e. The fourth-order valence-corrected chi connectivity index (χ4v) is 2.96. The van der Waals surface area contributed by atoms with Gasteiger partial charge in [0.1, 0.15) is 24.3 Å². The topological polar surface area (TPSA) is 78.8 Å². The molecule has 6 heteroatoms. The summed E-state index contributed by atoms with van der Waals surface area (Å²) in [6.45, 7) is 1.20. The molecule has 0 aromatic heterocycles. The first-order valence-corrected chi connectivity index (χ1v) is 9.88. The van der Waals surface area contributed by atoms with Crippen LogP contribution in [0.1, 0.15) is 16.7 Å². The Bertz CT molecular complexity index is 1000. The third kappa shape index (κ3) is 7.06. The number of aliphatic carboxylic acids is 1. The Morgan fingerprint density at radius 2 is 1.68 bits per heavy atom. The standard InChI is InChI=1S/C25H24FNO4/c26-21-10-8-20(9-11-21)24(25(29)30)14-18-6-12-23(13-7-18)31-17-22(28)16-27-15-19-4-2-1-3-5-19/h1-14,22,27-28H,15-17H2,(H,29,30). The van der Waals surface area contributed by atoms with Gasteiger partial charge in [-0.2, -0.15) is 0 Å². The van der Waals surface area contributed by atoms with Gasteiger partial charge in [-0.1, -0.05) is 54.6 Å². The van der Waals surface area contributed by atoms with Crippen molar-refractivity contribution in [2.45, 2.75) is 12.6 Å². The van der Waals surface area contributed by atoms with Crippen molar-refractivity contribution in [1.29, 1.82) is 0 Å². The maximum absolute atomic E-state index is 13.1. The second kappa shape index (κ2) is 11.1. The molecule has 5 nitrogen and oxygen atoms in total. The van der Waals surface area contributed by atoms with Crippen molar-refractivity contribution in [2.24, 2.45) is 0 Å². The minimum absolute atomic E-state index is 0.0635. The molecular formula is C25H24FNO4. The predicted molar refractivity (Wildman–Crippen MR) is 118 cm³/mol. The third-order valence-corrected chi connectivity index (χ3v) is 4.57. The maximum Gasteiger partial charge on any atom is 0.336 e. The van der Waals surface area contributed by atoms with Gasteiger partial charge in [0.2, 0.25) is 0 Å². The van der Waals surface area contributed by atoms with E-state index in [9.17, 15) is 19.4 Å². The average molecular weight is 421 g/mol. The van der Waals surface area contributed by atoms with Crippen LogP contribution in [0.2, 0.25) is 0 Å². The van der Waals surface area contributed by atoms with E-state index in [0.717, 1.165) is 5.56 Å². The first-order valence-electron chi connectivity index (χ1n) is 9.88. The zero-order chi connectivity index (χ0) is 22.1. The number of benzene rings is 3. The quantitative estimate of drug-likeness (QED) is 0.341. The Kier molecular flexibility index (Phi) is 7.92. The number of halogens is 1. The summed E-state index contributed by atoms with van der Waals surface area (Å²) in [6, 6.07) is 22.1. The lowest BCUT2D eigenvalue weighted by atomic mass is 10.0. The zero-order valence-electron chi connectivity index (χ0n) is 16.9. The highest BCUT2D eigenvalue weighted by Gasteiger charge is 2.11. The van der Waals surface area contributed by atoms with Crippen LogP contribution in [0.15, 0.2) is 78.9 Å². The van der Waals surface area contributed by atoms with E-state index in [1.807, 2.05) is 30.3 Å². The molecule has 3 N–H and O–H groups in total. The monoisotopic (exact) mass is 421 g/mol. The van der Waals surface area contributed by atoms with E-state index in [-0.39, 0.29) is 12.2 Å². The van der Waals surface area contributed by atoms with Crippen molar-refractivity contribution in [3.8, 4) is 5.75 Å². The Balaban J connectivity index is 1.52. The van der Waals surface area contributed by atoms with E-state index in [2.05, 4.69) is 5.32 Å². The van der Waals surface area contributed by atoms with E-state index >= 15 is 0 Å². The van der Waals surface area contributed by atoms with Crippen molar-refractivity contribution >= 4 is 17.6 Å². The van der Waals surface area contributed by atoms with Gasteiger partial charge in [0, 0.05) is 13.1 Å². The van der Waals surface area contributed by atoms with Gasteiger partial charge in [0.15, 0.2) is 0 Å². The van der Waals surface area contributed by atoms with Crippen molar-refractivity contribution in [2.75, 3.05) is 13.2 Å². The third-order valence-electron chi connectivity index (χ3n) is 4.57. The minimum atomic E-state index is -1.10. The van der Waals surface area contributed by atoms with E-state index in [1.54, 1.807) is 24.3 Å². The molecule has 0 radical (unpaired) electrons. The van der Waals surface area contributed by atoms with Crippen LogP contribution in [0.25, 0.3) is 11.6 Å². The van der Waals surface area contributed by atoms with Gasteiger partial charge >= 0.3 is 5.97 Å². The van der Waals surface area contributed by atoms with Gasteiger partial charge in [0.25, 0.3) is 0 Å². The first-order chi connectivity index (χ1) is 15.0. The van der Waals surface area contributed by atoms with Gasteiger partial charge in [-0.25, -0.2) is 9.18 Å². The summed E-state index contributed by atoms with van der Waals surface area (Å²) in [5.41, 5.74) is 2.29. The van der Waals surface area contributed by atoms with Crippen LogP contribution >= 0.6 is 0 Å². The molecule has 3 aromatic carbocycles. The molecule has 0 bridgehead atoms. The fourth-order valence-electron chi connectivity index (χ4n) is 2.96. The molecule has 0 aliphatic heterocycles. The van der Waals surface area contributed by atoms with E-state index in [1.165, 1.54) is 30.3 Å². The molecule has 0 amide bonds. The van der Waals surface area contributed by atoms with Crippen molar-refractivity contribution in [3.63, 3.8) is 0 Å². The van der Waals surface area contributed by atoms with Crippen LogP contribution in [0.4, 0.5) is 4.39 Å². The SMILES string of the molecule is O=C(O)C(=Cc1ccc(OCC(O)CNCc2ccccc2)cc1)c1ccc(F)cc1. The van der Waals surface area contributed by atoms with E-state index < -0.39 is 17.9 Å². The fraction of sp³-hybridized carbons (Fsp3) is 0.160. The highest BCUT2D eigenvalue weighted by atomic mass is 19.1. The van der Waals surface area contributed by atoms with Crippen molar-refractivity contribution in [3.05, 3.63) is 101 Å². The Hall–Kier alpha value is -3.48. The van der Waals surface area contributed by atoms with Crippen molar-refractivity contribution in [1.82, 2.24) is 5.32 Å². The van der Waals surface area contributed by atoms with E-state index in [4.69, 9.17) is 4.74 Å². The summed E-state index contributed by atoms with van der Waals surface area (Å²) in [5.74, 6) is -0.955. The second-order valence-electron chi connectivity index (χ2n) is 7.02. The van der Waals surface area contributed by atoms with Crippen LogP contribution < -0.4 is 10.1 Å². The van der Waals surface area contributed by atoms with Gasteiger partial charge in [-0.3, -0.25) is 0 Å². The van der Waals surface area contributed by atoms with Crippen LogP contribution in [-0.4, -0.2) is 35.4 Å². The molecule has 0 aliphatic rings. The molecule has 0 fully saturated rings. The van der Waals surface area contributed by atoms with Gasteiger partial charge in [0.05, 0.1) is 5.57 Å². The van der Waals surface area contributed by atoms with E-state index in [0.29, 0.717) is 30.0 Å². The first kappa shape index (κ1) is 22.2. The second-order valence-corrected chi connectivity index (χ2v) is 7.02. The number of rotatable bonds is 10. The number of aliphatic hydroxyl groups is 1. The molecule has 160 valence electrons. The number of hydrogen-bond acceptors (Lipinski definition) is 4. The van der Waals surface area contributed by atoms with Crippen molar-refractivity contribution < 1.29 is 24.1 Å².